The van der Waals surface area contributed by atoms with E-state index in [1.54, 1.807) is 23.0 Å². The van der Waals surface area contributed by atoms with Crippen molar-refractivity contribution in [2.75, 3.05) is 11.4 Å². The van der Waals surface area contributed by atoms with Gasteiger partial charge in [-0.3, -0.25) is 14.2 Å². The Balaban J connectivity index is 1.42. The molecule has 0 bridgehead atoms. The summed E-state index contributed by atoms with van der Waals surface area (Å²) in [5.41, 5.74) is 1.26. The lowest BCUT2D eigenvalue weighted by Crippen LogP contribution is -2.43. The van der Waals surface area contributed by atoms with Gasteiger partial charge in [-0.1, -0.05) is 41.7 Å². The summed E-state index contributed by atoms with van der Waals surface area (Å²) in [6.45, 7) is 3.27. The van der Waals surface area contributed by atoms with Crippen molar-refractivity contribution in [3.05, 3.63) is 63.3 Å². The normalized spacial score (nSPS) is 16.1. The molecule has 1 saturated heterocycles. The molecule has 0 aliphatic carbocycles. The Morgan fingerprint density at radius 2 is 1.97 bits per heavy atom. The lowest BCUT2D eigenvalue weighted by Gasteiger charge is -2.23. The summed E-state index contributed by atoms with van der Waals surface area (Å²) >= 11 is 2.99. The number of carbonyl (C=O) groups excluding carboxylic acids is 1. The summed E-state index contributed by atoms with van der Waals surface area (Å²) in [4.78, 5) is 40.1. The van der Waals surface area contributed by atoms with Crippen LogP contribution >= 0.6 is 22.7 Å². The highest BCUT2D eigenvalue weighted by Crippen LogP contribution is 2.33. The molecule has 0 spiro atoms. The third-order valence-electron chi connectivity index (χ3n) is 5.70. The highest BCUT2D eigenvalue weighted by atomic mass is 32.1. The third kappa shape index (κ3) is 3.82. The lowest BCUT2D eigenvalue weighted by molar-refractivity contribution is -0.122. The number of aromatic nitrogens is 3. The van der Waals surface area contributed by atoms with Crippen LogP contribution in [0.15, 0.2) is 47.3 Å². The van der Waals surface area contributed by atoms with E-state index < -0.39 is 0 Å². The number of thiazole rings is 1. The molecular formula is C23H23N5O2S2. The number of aryl methyl sites for hydroxylation is 1. The quantitative estimate of drug-likeness (QED) is 0.486. The average molecular weight is 466 g/mol. The first-order chi connectivity index (χ1) is 15.5. The van der Waals surface area contributed by atoms with Gasteiger partial charge in [-0.2, -0.15) is 0 Å². The number of hydrogen-bond acceptors (Lipinski definition) is 7. The number of anilines is 1. The van der Waals surface area contributed by atoms with Crippen LogP contribution in [-0.2, 0) is 18.4 Å². The molecule has 1 aliphatic heterocycles. The fraction of sp³-hybridized carbons (Fsp3) is 0.304. The monoisotopic (exact) mass is 465 g/mol. The molecule has 4 heterocycles. The number of nitrogens with zero attached hydrogens (tertiary/aromatic N) is 4. The molecule has 1 aliphatic rings. The summed E-state index contributed by atoms with van der Waals surface area (Å²) in [5.74, 6) is 0.635. The largest absolute Gasteiger partial charge is 0.350 e. The number of benzene rings is 1. The van der Waals surface area contributed by atoms with Gasteiger partial charge >= 0.3 is 0 Å². The second-order valence-corrected chi connectivity index (χ2v) is 10.2. The van der Waals surface area contributed by atoms with Gasteiger partial charge in [0.2, 0.25) is 5.91 Å². The van der Waals surface area contributed by atoms with Crippen molar-refractivity contribution in [1.29, 1.82) is 0 Å². The molecule has 4 aromatic rings. The van der Waals surface area contributed by atoms with Crippen LogP contribution < -0.4 is 15.8 Å². The maximum absolute atomic E-state index is 13.0. The summed E-state index contributed by atoms with van der Waals surface area (Å²) in [5, 5.41) is 3.73. The Bertz CT molecular complexity index is 1340. The standard InChI is InChI=1S/C23H23N5O2S2/c1-14-10-11-17(31-14)19-26-21-18(22(30)27(19)2)25-23(32-21)28-12-6-9-16(28)20(29)24-13-15-7-4-3-5-8-15/h3-5,7-8,10-11,16H,6,9,12-13H2,1-2H3,(H,24,29)/t16-/m1/s1. The lowest BCUT2D eigenvalue weighted by atomic mass is 10.2. The zero-order chi connectivity index (χ0) is 22.2. The van der Waals surface area contributed by atoms with Gasteiger partial charge in [0.1, 0.15) is 6.04 Å². The minimum absolute atomic E-state index is 0.0128. The summed E-state index contributed by atoms with van der Waals surface area (Å²) in [7, 11) is 1.73. The molecule has 1 amide bonds. The second kappa shape index (κ2) is 8.48. The number of rotatable bonds is 5. The minimum Gasteiger partial charge on any atom is -0.350 e. The molecular weight excluding hydrogens is 442 g/mol. The van der Waals surface area contributed by atoms with Gasteiger partial charge in [0.25, 0.3) is 5.56 Å². The summed E-state index contributed by atoms with van der Waals surface area (Å²) in [6, 6.07) is 13.6. The maximum atomic E-state index is 13.0. The first-order valence-corrected chi connectivity index (χ1v) is 12.2. The van der Waals surface area contributed by atoms with Crippen LogP contribution in [0.25, 0.3) is 21.0 Å². The molecule has 5 rings (SSSR count). The van der Waals surface area contributed by atoms with E-state index in [0.29, 0.717) is 27.8 Å². The van der Waals surface area contributed by atoms with Gasteiger partial charge < -0.3 is 10.2 Å². The fourth-order valence-corrected chi connectivity index (χ4v) is 5.91. The predicted octanol–water partition coefficient (Wildman–Crippen LogP) is 3.71. The molecule has 1 fully saturated rings. The third-order valence-corrected chi connectivity index (χ3v) is 7.68. The Morgan fingerprint density at radius 3 is 2.72 bits per heavy atom. The highest BCUT2D eigenvalue weighted by molar-refractivity contribution is 7.21. The summed E-state index contributed by atoms with van der Waals surface area (Å²) < 4.78 is 1.56. The van der Waals surface area contributed by atoms with Gasteiger partial charge in [0, 0.05) is 25.0 Å². The Morgan fingerprint density at radius 1 is 1.16 bits per heavy atom. The number of fused-ring (bicyclic) bond motifs is 1. The first kappa shape index (κ1) is 20.8. The number of carbonyl (C=O) groups is 1. The molecule has 3 aromatic heterocycles. The SMILES string of the molecule is Cc1ccc(-c2nc3sc(N4CCC[C@@H]4C(=O)NCc4ccccc4)nc3c(=O)n2C)s1. The van der Waals surface area contributed by atoms with E-state index in [9.17, 15) is 9.59 Å². The fourth-order valence-electron chi connectivity index (χ4n) is 4.01. The van der Waals surface area contributed by atoms with Crippen LogP contribution in [0.4, 0.5) is 5.13 Å². The molecule has 1 N–H and O–H groups in total. The molecule has 9 heteroatoms. The molecule has 1 atom stereocenters. The second-order valence-electron chi connectivity index (χ2n) is 7.91. The number of thiophene rings is 1. The number of amides is 1. The van der Waals surface area contributed by atoms with Crippen molar-refractivity contribution in [3.63, 3.8) is 0 Å². The first-order valence-electron chi connectivity index (χ1n) is 10.5. The van der Waals surface area contributed by atoms with Gasteiger partial charge in [-0.15, -0.1) is 11.3 Å². The van der Waals surface area contributed by atoms with Crippen LogP contribution in [0.3, 0.4) is 0 Å². The molecule has 164 valence electrons. The van der Waals surface area contributed by atoms with E-state index in [1.165, 1.54) is 16.2 Å². The van der Waals surface area contributed by atoms with E-state index in [0.717, 1.165) is 29.8 Å². The van der Waals surface area contributed by atoms with E-state index >= 15 is 0 Å². The Labute approximate surface area is 193 Å². The van der Waals surface area contributed by atoms with Crippen LogP contribution in [0.2, 0.25) is 0 Å². The Hall–Kier alpha value is -3.04. The van der Waals surface area contributed by atoms with Crippen LogP contribution in [0.1, 0.15) is 23.3 Å². The van der Waals surface area contributed by atoms with E-state index in [-0.39, 0.29) is 17.5 Å². The van der Waals surface area contributed by atoms with Crippen LogP contribution in [-0.4, -0.2) is 33.0 Å². The van der Waals surface area contributed by atoms with E-state index in [4.69, 9.17) is 4.98 Å². The maximum Gasteiger partial charge on any atom is 0.281 e. The van der Waals surface area contributed by atoms with Gasteiger partial charge in [-0.25, -0.2) is 9.97 Å². The zero-order valence-electron chi connectivity index (χ0n) is 17.9. The van der Waals surface area contributed by atoms with E-state index in [1.807, 2.05) is 54.3 Å². The predicted molar refractivity (Wildman–Crippen MR) is 129 cm³/mol. The topological polar surface area (TPSA) is 80.1 Å². The summed E-state index contributed by atoms with van der Waals surface area (Å²) in [6.07, 6.45) is 1.67. The molecule has 0 unspecified atom stereocenters. The zero-order valence-corrected chi connectivity index (χ0v) is 19.5. The molecule has 1 aromatic carbocycles. The van der Waals surface area contributed by atoms with Gasteiger partial charge in [-0.05, 0) is 37.5 Å². The molecule has 32 heavy (non-hydrogen) atoms. The average Bonchev–Trinajstić information content (AvgIpc) is 3.54. The smallest absolute Gasteiger partial charge is 0.281 e. The van der Waals surface area contributed by atoms with Crippen LogP contribution in [0, 0.1) is 6.92 Å². The van der Waals surface area contributed by atoms with Crippen molar-refractivity contribution in [2.24, 2.45) is 7.05 Å². The molecule has 0 radical (unpaired) electrons. The van der Waals surface area contributed by atoms with Crippen molar-refractivity contribution < 1.29 is 4.79 Å². The van der Waals surface area contributed by atoms with Gasteiger partial charge in [0.15, 0.2) is 21.3 Å². The van der Waals surface area contributed by atoms with Crippen molar-refractivity contribution in [3.8, 4) is 10.7 Å². The number of hydrogen-bond donors (Lipinski definition) is 1. The Kier molecular flexibility index (Phi) is 5.52. The van der Waals surface area contributed by atoms with Crippen molar-refractivity contribution >= 4 is 44.1 Å². The van der Waals surface area contributed by atoms with Gasteiger partial charge in [0.05, 0.1) is 4.88 Å². The van der Waals surface area contributed by atoms with Crippen molar-refractivity contribution in [2.45, 2.75) is 32.4 Å². The van der Waals surface area contributed by atoms with Crippen molar-refractivity contribution in [1.82, 2.24) is 19.9 Å². The highest BCUT2D eigenvalue weighted by Gasteiger charge is 2.33. The van der Waals surface area contributed by atoms with Crippen LogP contribution in [0.5, 0.6) is 0 Å². The number of nitrogens with one attached hydrogen (secondary N) is 1. The minimum atomic E-state index is -0.289. The molecule has 7 nitrogen and oxygen atoms in total. The van der Waals surface area contributed by atoms with E-state index in [2.05, 4.69) is 10.3 Å². The molecule has 0 saturated carbocycles.